The normalized spacial score (nSPS) is 21.8. The number of likely N-dealkylation sites (tertiary alicyclic amines) is 1. The number of hydrogen-bond donors (Lipinski definition) is 4. The number of amides is 5. The zero-order valence-electron chi connectivity index (χ0n) is 32.6. The van der Waals surface area contributed by atoms with Gasteiger partial charge in [-0.1, -0.05) is 34.1 Å². The minimum atomic E-state index is -4.12. The molecule has 3 aliphatic heterocycles. The molecule has 4 N–H and O–H groups in total. The molecule has 3 heterocycles. The molecule has 5 amide bonds. The average Bonchev–Trinajstić information content (AvgIpc) is 3.89. The van der Waals surface area contributed by atoms with Crippen molar-refractivity contribution in [2.45, 2.75) is 118 Å². The Bertz CT molecular complexity index is 1630. The summed E-state index contributed by atoms with van der Waals surface area (Å²) >= 11 is 5.00. The van der Waals surface area contributed by atoms with Crippen LogP contribution in [-0.2, 0) is 18.9 Å². The molecular formula is C39H56N5O7PS3. The first-order chi connectivity index (χ1) is 26.3. The SMILES string of the molecule is CSc1ccc(OP(=O)(Oc2ccc(SC)cc2)C(CC(C)C)NC(=O)C2CCCN2C(=O)C(NC(=O)CCCCC2SCC3NC(=O)NC32)C(C)C)cc1. The van der Waals surface area contributed by atoms with Crippen LogP contribution in [-0.4, -0.2) is 88.7 Å². The second-order valence-electron chi connectivity index (χ2n) is 15.1. The third kappa shape index (κ3) is 11.5. The number of urea groups is 1. The molecule has 0 aliphatic carbocycles. The molecule has 16 heteroatoms. The number of rotatable bonds is 19. The predicted molar refractivity (Wildman–Crippen MR) is 222 cm³/mol. The maximum Gasteiger partial charge on any atom is 0.452 e. The fourth-order valence-corrected chi connectivity index (χ4v) is 11.7. The summed E-state index contributed by atoms with van der Waals surface area (Å²) in [6.45, 7) is 8.08. The predicted octanol–water partition coefficient (Wildman–Crippen LogP) is 7.13. The molecule has 2 aromatic carbocycles. The topological polar surface area (TPSA) is 155 Å². The van der Waals surface area contributed by atoms with Crippen molar-refractivity contribution in [2.24, 2.45) is 11.8 Å². The molecule has 0 saturated carbocycles. The number of unbranched alkanes of at least 4 members (excludes halogenated alkanes) is 1. The summed E-state index contributed by atoms with van der Waals surface area (Å²) < 4.78 is 27.5. The van der Waals surface area contributed by atoms with Gasteiger partial charge in [0.2, 0.25) is 17.7 Å². The van der Waals surface area contributed by atoms with Crippen LogP contribution in [0.15, 0.2) is 58.3 Å². The van der Waals surface area contributed by atoms with Gasteiger partial charge in [0.1, 0.15) is 23.6 Å². The molecule has 2 aromatic rings. The van der Waals surface area contributed by atoms with Crippen molar-refractivity contribution < 1.29 is 32.8 Å². The van der Waals surface area contributed by atoms with Gasteiger partial charge < -0.3 is 35.2 Å². The number of thioether (sulfide) groups is 3. The number of fused-ring (bicyclic) bond motifs is 1. The highest BCUT2D eigenvalue weighted by Gasteiger charge is 2.45. The molecule has 0 radical (unpaired) electrons. The lowest BCUT2D eigenvalue weighted by atomic mass is 10.0. The fraction of sp³-hybridized carbons (Fsp3) is 0.590. The summed E-state index contributed by atoms with van der Waals surface area (Å²) in [6.07, 6.45) is 7.95. The first-order valence-electron chi connectivity index (χ1n) is 19.2. The lowest BCUT2D eigenvalue weighted by Gasteiger charge is -2.33. The van der Waals surface area contributed by atoms with E-state index in [4.69, 9.17) is 9.05 Å². The number of benzene rings is 2. The van der Waals surface area contributed by atoms with Gasteiger partial charge in [0.15, 0.2) is 5.78 Å². The van der Waals surface area contributed by atoms with Gasteiger partial charge in [-0.15, -0.1) is 23.5 Å². The summed E-state index contributed by atoms with van der Waals surface area (Å²) in [5.41, 5.74) is 0. The largest absolute Gasteiger partial charge is 0.452 e. The lowest BCUT2D eigenvalue weighted by molar-refractivity contribution is -0.142. The second-order valence-corrected chi connectivity index (χ2v) is 20.2. The van der Waals surface area contributed by atoms with E-state index < -0.39 is 31.4 Å². The van der Waals surface area contributed by atoms with Gasteiger partial charge in [-0.25, -0.2) is 9.36 Å². The van der Waals surface area contributed by atoms with Crippen molar-refractivity contribution >= 4 is 66.6 Å². The monoisotopic (exact) mass is 833 g/mol. The fourth-order valence-electron chi connectivity index (χ4n) is 7.20. The molecule has 3 fully saturated rings. The third-order valence-corrected chi connectivity index (χ3v) is 15.2. The number of nitrogens with zero attached hydrogens (tertiary/aromatic N) is 1. The summed E-state index contributed by atoms with van der Waals surface area (Å²) in [5, 5.41) is 12.3. The summed E-state index contributed by atoms with van der Waals surface area (Å²) in [7, 11) is -4.12. The molecule has 302 valence electrons. The molecule has 0 spiro atoms. The van der Waals surface area contributed by atoms with Gasteiger partial charge in [0, 0.05) is 33.8 Å². The maximum atomic E-state index is 15.0. The molecule has 3 aliphatic rings. The van der Waals surface area contributed by atoms with E-state index in [1.165, 1.54) is 0 Å². The highest BCUT2D eigenvalue weighted by atomic mass is 32.2. The van der Waals surface area contributed by atoms with Crippen molar-refractivity contribution in [3.63, 3.8) is 0 Å². The summed E-state index contributed by atoms with van der Waals surface area (Å²) in [6, 6.07) is 13.0. The van der Waals surface area contributed by atoms with Crippen LogP contribution in [0.4, 0.5) is 4.79 Å². The number of hydrogen-bond acceptors (Lipinski definition) is 10. The van der Waals surface area contributed by atoms with E-state index in [1.807, 2.05) is 76.2 Å². The van der Waals surface area contributed by atoms with Crippen LogP contribution in [0.1, 0.15) is 72.6 Å². The molecule has 6 unspecified atom stereocenters. The number of nitrogens with one attached hydrogen (secondary N) is 4. The minimum Gasteiger partial charge on any atom is -0.415 e. The first-order valence-corrected chi connectivity index (χ1v) is 24.3. The molecule has 0 bridgehead atoms. The molecule has 3 saturated heterocycles. The van der Waals surface area contributed by atoms with Crippen LogP contribution in [0.2, 0.25) is 0 Å². The van der Waals surface area contributed by atoms with E-state index in [9.17, 15) is 19.2 Å². The van der Waals surface area contributed by atoms with Gasteiger partial charge >= 0.3 is 13.6 Å². The van der Waals surface area contributed by atoms with Crippen molar-refractivity contribution in [3.8, 4) is 11.5 Å². The first kappa shape index (κ1) is 43.1. The lowest BCUT2D eigenvalue weighted by Crippen LogP contribution is -2.56. The summed E-state index contributed by atoms with van der Waals surface area (Å²) in [5.74, 6) is -0.575. The van der Waals surface area contributed by atoms with Crippen LogP contribution < -0.4 is 30.3 Å². The minimum absolute atomic E-state index is 0.0137. The van der Waals surface area contributed by atoms with Gasteiger partial charge in [-0.3, -0.25) is 14.4 Å². The smallest absolute Gasteiger partial charge is 0.415 e. The maximum absolute atomic E-state index is 15.0. The van der Waals surface area contributed by atoms with E-state index in [1.54, 1.807) is 52.7 Å². The van der Waals surface area contributed by atoms with E-state index >= 15 is 4.57 Å². The van der Waals surface area contributed by atoms with Gasteiger partial charge in [-0.2, -0.15) is 11.8 Å². The number of carbonyl (C=O) groups excluding carboxylic acids is 4. The van der Waals surface area contributed by atoms with Crippen LogP contribution >= 0.6 is 42.9 Å². The van der Waals surface area contributed by atoms with E-state index in [-0.39, 0.29) is 48.2 Å². The Kier molecular flexibility index (Phi) is 15.6. The summed E-state index contributed by atoms with van der Waals surface area (Å²) in [4.78, 5) is 56.7. The highest BCUT2D eigenvalue weighted by molar-refractivity contribution is 8.00. The molecule has 5 rings (SSSR count). The van der Waals surface area contributed by atoms with Crippen molar-refractivity contribution in [1.29, 1.82) is 0 Å². The van der Waals surface area contributed by atoms with Crippen LogP contribution in [0.3, 0.4) is 0 Å². The van der Waals surface area contributed by atoms with Crippen molar-refractivity contribution in [3.05, 3.63) is 48.5 Å². The molecule has 6 atom stereocenters. The van der Waals surface area contributed by atoms with Crippen molar-refractivity contribution in [1.82, 2.24) is 26.2 Å². The zero-order valence-corrected chi connectivity index (χ0v) is 35.9. The zero-order chi connectivity index (χ0) is 39.7. The van der Waals surface area contributed by atoms with E-state index in [0.29, 0.717) is 49.0 Å². The number of carbonyl (C=O) groups is 4. The Balaban J connectivity index is 1.25. The van der Waals surface area contributed by atoms with Gasteiger partial charge in [0.25, 0.3) is 0 Å². The van der Waals surface area contributed by atoms with Crippen LogP contribution in [0.25, 0.3) is 0 Å². The second kappa shape index (κ2) is 19.9. The van der Waals surface area contributed by atoms with Gasteiger partial charge in [0.05, 0.1) is 12.1 Å². The molecule has 12 nitrogen and oxygen atoms in total. The Morgan fingerprint density at radius 2 is 1.55 bits per heavy atom. The molecular weight excluding hydrogens is 778 g/mol. The van der Waals surface area contributed by atoms with Crippen molar-refractivity contribution in [2.75, 3.05) is 24.8 Å². The quantitative estimate of drug-likeness (QED) is 0.0498. The van der Waals surface area contributed by atoms with E-state index in [0.717, 1.165) is 28.4 Å². The molecule has 55 heavy (non-hydrogen) atoms. The Hall–Kier alpha value is -3.00. The van der Waals surface area contributed by atoms with Crippen LogP contribution in [0, 0.1) is 11.8 Å². The van der Waals surface area contributed by atoms with E-state index in [2.05, 4.69) is 21.3 Å². The average molecular weight is 834 g/mol. The Labute approximate surface area is 338 Å². The Morgan fingerprint density at radius 1 is 0.927 bits per heavy atom. The third-order valence-electron chi connectivity index (χ3n) is 10.1. The standard InChI is InChI=1S/C39H56N5O7PS3/c1-24(2)22-34(52(49,50-26-13-17-28(53-5)18-14-26)51-27-15-19-29(54-6)20-16-27)42-37(46)31-10-9-21-44(31)38(47)35(25(3)4)41-33(45)12-8-7-11-32-36-30(23-55-32)40-39(48)43-36/h13-20,24-25,30-32,34-36H,7-12,21-23H2,1-6H3,(H,41,45)(H,42,46)(H2,40,43,48). The highest BCUT2D eigenvalue weighted by Crippen LogP contribution is 2.54. The van der Waals surface area contributed by atoms with Crippen LogP contribution in [0.5, 0.6) is 11.5 Å². The molecule has 0 aromatic heterocycles. The van der Waals surface area contributed by atoms with Gasteiger partial charge in [-0.05, 0) is 105 Å². The Morgan fingerprint density at radius 3 is 2.11 bits per heavy atom.